The van der Waals surface area contributed by atoms with Crippen LogP contribution in [-0.4, -0.2) is 28.2 Å². The van der Waals surface area contributed by atoms with Crippen LogP contribution in [0.3, 0.4) is 0 Å². The van der Waals surface area contributed by atoms with Gasteiger partial charge in [0.05, 0.1) is 9.95 Å². The lowest BCUT2D eigenvalue weighted by Gasteiger charge is -2.18. The van der Waals surface area contributed by atoms with E-state index < -0.39 is 4.92 Å². The fourth-order valence-corrected chi connectivity index (χ4v) is 2.30. The second kappa shape index (κ2) is 6.73. The Morgan fingerprint density at radius 1 is 1.38 bits per heavy atom. The summed E-state index contributed by atoms with van der Waals surface area (Å²) in [6.45, 7) is 0.454. The summed E-state index contributed by atoms with van der Waals surface area (Å²) >= 11 is 7.18. The maximum Gasteiger partial charge on any atom is 0.311 e. The number of nitrogens with zero attached hydrogens (tertiary/aromatic N) is 4. The Morgan fingerprint density at radius 3 is 2.71 bits per heavy atom. The molecule has 0 N–H and O–H groups in total. The van der Waals surface area contributed by atoms with Gasteiger partial charge in [-0.15, -0.1) is 11.8 Å². The molecule has 0 amide bonds. The minimum absolute atomic E-state index is 0.0165. The zero-order chi connectivity index (χ0) is 15.4. The van der Waals surface area contributed by atoms with Crippen molar-refractivity contribution in [2.75, 3.05) is 18.2 Å². The van der Waals surface area contributed by atoms with Crippen LogP contribution in [0.25, 0.3) is 0 Å². The highest BCUT2D eigenvalue weighted by Crippen LogP contribution is 2.28. The van der Waals surface area contributed by atoms with E-state index in [1.54, 1.807) is 30.3 Å². The van der Waals surface area contributed by atoms with Crippen LogP contribution >= 0.6 is 23.4 Å². The van der Waals surface area contributed by atoms with Gasteiger partial charge >= 0.3 is 5.69 Å². The van der Waals surface area contributed by atoms with Crippen LogP contribution in [0.2, 0.25) is 5.15 Å². The molecule has 0 fully saturated rings. The molecule has 2 heterocycles. The third kappa shape index (κ3) is 3.83. The molecule has 0 radical (unpaired) electrons. The maximum atomic E-state index is 11.1. The van der Waals surface area contributed by atoms with Crippen molar-refractivity contribution in [3.8, 4) is 0 Å². The van der Waals surface area contributed by atoms with Gasteiger partial charge in [0.2, 0.25) is 5.82 Å². The summed E-state index contributed by atoms with van der Waals surface area (Å²) in [6, 6.07) is 6.63. The highest BCUT2D eigenvalue weighted by atomic mass is 35.5. The fraction of sp³-hybridized carbons (Fsp3) is 0.231. The van der Waals surface area contributed by atoms with E-state index in [4.69, 9.17) is 11.6 Å². The minimum atomic E-state index is -0.428. The normalized spacial score (nSPS) is 10.4. The molecule has 6 nitrogen and oxygen atoms in total. The minimum Gasteiger partial charge on any atom is -0.350 e. The van der Waals surface area contributed by atoms with Crippen LogP contribution in [0, 0.1) is 10.1 Å². The number of pyridine rings is 2. The van der Waals surface area contributed by atoms with Gasteiger partial charge < -0.3 is 4.90 Å². The monoisotopic (exact) mass is 324 g/mol. The molecule has 21 heavy (non-hydrogen) atoms. The molecule has 0 spiro atoms. The van der Waals surface area contributed by atoms with Crippen LogP contribution in [0.4, 0.5) is 11.5 Å². The maximum absolute atomic E-state index is 11.1. The van der Waals surface area contributed by atoms with E-state index >= 15 is 0 Å². The second-order valence-electron chi connectivity index (χ2n) is 4.30. The van der Waals surface area contributed by atoms with Crippen molar-refractivity contribution >= 4 is 34.9 Å². The zero-order valence-electron chi connectivity index (χ0n) is 11.5. The molecule has 0 aliphatic rings. The summed E-state index contributed by atoms with van der Waals surface area (Å²) in [7, 11) is 1.76. The van der Waals surface area contributed by atoms with Crippen molar-refractivity contribution in [1.29, 1.82) is 0 Å². The lowest BCUT2D eigenvalue weighted by atomic mass is 10.2. The summed E-state index contributed by atoms with van der Waals surface area (Å²) in [6.07, 6.45) is 3.52. The Bertz CT molecular complexity index is 651. The molecule has 0 bridgehead atoms. The quantitative estimate of drug-likeness (QED) is 0.363. The smallest absolute Gasteiger partial charge is 0.311 e. The largest absolute Gasteiger partial charge is 0.350 e. The Kier molecular flexibility index (Phi) is 4.98. The van der Waals surface area contributed by atoms with Gasteiger partial charge in [-0.25, -0.2) is 9.97 Å². The van der Waals surface area contributed by atoms with Gasteiger partial charge in [0.1, 0.15) is 5.15 Å². The molecule has 0 aromatic carbocycles. The van der Waals surface area contributed by atoms with Gasteiger partial charge in [0.25, 0.3) is 0 Å². The number of aromatic nitrogens is 2. The predicted octanol–water partition coefficient (Wildman–Crippen LogP) is 3.40. The van der Waals surface area contributed by atoms with Gasteiger partial charge in [0.15, 0.2) is 0 Å². The van der Waals surface area contributed by atoms with Crippen molar-refractivity contribution in [3.63, 3.8) is 0 Å². The summed E-state index contributed by atoms with van der Waals surface area (Å²) in [5, 5.41) is 12.3. The van der Waals surface area contributed by atoms with Crippen LogP contribution in [0.5, 0.6) is 0 Å². The number of rotatable bonds is 5. The molecule has 0 saturated heterocycles. The Balaban J connectivity index is 2.30. The highest BCUT2D eigenvalue weighted by Gasteiger charge is 2.19. The summed E-state index contributed by atoms with van der Waals surface area (Å²) < 4.78 is 0. The number of hydrogen-bond donors (Lipinski definition) is 0. The fourth-order valence-electron chi connectivity index (χ4n) is 1.81. The molecule has 0 aliphatic carbocycles. The highest BCUT2D eigenvalue weighted by molar-refractivity contribution is 7.98. The van der Waals surface area contributed by atoms with Crippen molar-refractivity contribution in [2.24, 2.45) is 0 Å². The van der Waals surface area contributed by atoms with E-state index in [0.717, 1.165) is 10.6 Å². The third-order valence-electron chi connectivity index (χ3n) is 2.80. The van der Waals surface area contributed by atoms with Gasteiger partial charge in [-0.3, -0.25) is 10.1 Å². The van der Waals surface area contributed by atoms with Crippen LogP contribution < -0.4 is 4.90 Å². The molecule has 2 rings (SSSR count). The standard InChI is InChI=1S/C13H13ClN4O2S/c1-17(8-9-3-5-11(14)15-7-9)13-10(18(19)20)4-6-12(16-13)21-2/h3-7H,8H2,1-2H3. The molecule has 8 heteroatoms. The SMILES string of the molecule is CSc1ccc([N+](=O)[O-])c(N(C)Cc2ccc(Cl)nc2)n1. The van der Waals surface area contributed by atoms with Gasteiger partial charge in [0, 0.05) is 25.9 Å². The van der Waals surface area contributed by atoms with Crippen molar-refractivity contribution in [2.45, 2.75) is 11.6 Å². The first-order valence-electron chi connectivity index (χ1n) is 6.02. The van der Waals surface area contributed by atoms with Crippen LogP contribution in [-0.2, 0) is 6.54 Å². The Hall–Kier alpha value is -1.86. The molecule has 2 aromatic rings. The van der Waals surface area contributed by atoms with E-state index in [1.807, 2.05) is 12.3 Å². The van der Waals surface area contributed by atoms with E-state index in [-0.39, 0.29) is 5.69 Å². The van der Waals surface area contributed by atoms with Crippen LogP contribution in [0.1, 0.15) is 5.56 Å². The average Bonchev–Trinajstić information content (AvgIpc) is 2.48. The summed E-state index contributed by atoms with van der Waals surface area (Å²) in [4.78, 5) is 20.7. The van der Waals surface area contributed by atoms with Gasteiger partial charge in [-0.2, -0.15) is 0 Å². The lowest BCUT2D eigenvalue weighted by Crippen LogP contribution is -2.19. The van der Waals surface area contributed by atoms with Crippen molar-refractivity contribution in [1.82, 2.24) is 9.97 Å². The molecule has 0 saturated carbocycles. The van der Waals surface area contributed by atoms with E-state index in [1.165, 1.54) is 17.8 Å². The molecule has 0 aliphatic heterocycles. The van der Waals surface area contributed by atoms with Crippen molar-refractivity contribution < 1.29 is 4.92 Å². The van der Waals surface area contributed by atoms with E-state index in [0.29, 0.717) is 17.5 Å². The van der Waals surface area contributed by atoms with E-state index in [9.17, 15) is 10.1 Å². The summed E-state index contributed by atoms with van der Waals surface area (Å²) in [5.41, 5.74) is 0.879. The first-order chi connectivity index (χ1) is 10.0. The Labute approximate surface area is 131 Å². The number of hydrogen-bond acceptors (Lipinski definition) is 6. The molecule has 2 aromatic heterocycles. The number of nitro groups is 1. The molecular weight excluding hydrogens is 312 g/mol. The average molecular weight is 325 g/mol. The van der Waals surface area contributed by atoms with Crippen LogP contribution in [0.15, 0.2) is 35.5 Å². The lowest BCUT2D eigenvalue weighted by molar-refractivity contribution is -0.384. The second-order valence-corrected chi connectivity index (χ2v) is 5.51. The van der Waals surface area contributed by atoms with Gasteiger partial charge in [-0.05, 0) is 24.0 Å². The van der Waals surface area contributed by atoms with E-state index in [2.05, 4.69) is 9.97 Å². The first kappa shape index (κ1) is 15.5. The molecule has 0 atom stereocenters. The number of thioether (sulfide) groups is 1. The predicted molar refractivity (Wildman–Crippen MR) is 84.0 cm³/mol. The summed E-state index contributed by atoms with van der Waals surface area (Å²) in [5.74, 6) is 0.335. The van der Waals surface area contributed by atoms with Crippen molar-refractivity contribution in [3.05, 3.63) is 51.3 Å². The molecule has 0 unspecified atom stereocenters. The third-order valence-corrected chi connectivity index (χ3v) is 3.67. The Morgan fingerprint density at radius 2 is 2.14 bits per heavy atom. The molecular formula is C13H13ClN4O2S. The molecule has 110 valence electrons. The van der Waals surface area contributed by atoms with Gasteiger partial charge in [-0.1, -0.05) is 17.7 Å². The number of halogens is 1. The zero-order valence-corrected chi connectivity index (χ0v) is 13.1. The topological polar surface area (TPSA) is 72.2 Å². The first-order valence-corrected chi connectivity index (χ1v) is 7.62. The number of anilines is 1.